The zero-order valence-corrected chi connectivity index (χ0v) is 12.9. The number of anilines is 1. The van der Waals surface area contributed by atoms with Gasteiger partial charge in [0.1, 0.15) is 6.61 Å². The number of halogens is 3. The van der Waals surface area contributed by atoms with Gasteiger partial charge in [-0.3, -0.25) is 0 Å². The van der Waals surface area contributed by atoms with Crippen molar-refractivity contribution in [2.24, 2.45) is 0 Å². The molecule has 3 rings (SSSR count). The maximum absolute atomic E-state index is 14.0. The molecule has 0 saturated carbocycles. The van der Waals surface area contributed by atoms with Crippen molar-refractivity contribution in [3.63, 3.8) is 0 Å². The molecule has 0 spiro atoms. The van der Waals surface area contributed by atoms with Crippen LogP contribution in [0.25, 0.3) is 10.2 Å². The van der Waals surface area contributed by atoms with Gasteiger partial charge in [-0.05, 0) is 12.1 Å². The lowest BCUT2D eigenvalue weighted by molar-refractivity contribution is 0.291. The monoisotopic (exact) mass is 342 g/mol. The third kappa shape index (κ3) is 2.90. The first-order valence-electron chi connectivity index (χ1n) is 5.96. The van der Waals surface area contributed by atoms with E-state index >= 15 is 0 Å². The number of nitrogen functional groups attached to an aromatic ring is 1. The molecule has 1 aromatic heterocycles. The maximum atomic E-state index is 14.0. The Morgan fingerprint density at radius 1 is 1.24 bits per heavy atom. The minimum Gasteiger partial charge on any atom is -0.486 e. The van der Waals surface area contributed by atoms with Crippen molar-refractivity contribution >= 4 is 49.9 Å². The van der Waals surface area contributed by atoms with Crippen molar-refractivity contribution in [3.05, 3.63) is 51.8 Å². The summed E-state index contributed by atoms with van der Waals surface area (Å²) in [4.78, 5) is 4.02. The summed E-state index contributed by atoms with van der Waals surface area (Å²) in [5, 5.41) is 1.34. The second-order valence-electron chi connectivity index (χ2n) is 4.29. The van der Waals surface area contributed by atoms with Gasteiger partial charge >= 0.3 is 0 Å². The number of nitrogens with zero attached hydrogens (tertiary/aromatic N) is 1. The summed E-state index contributed by atoms with van der Waals surface area (Å²) in [6.45, 7) is 0.0786. The molecule has 108 valence electrons. The van der Waals surface area contributed by atoms with E-state index in [4.69, 9.17) is 33.7 Å². The number of nitrogens with two attached hydrogens (primary N) is 1. The van der Waals surface area contributed by atoms with Gasteiger partial charge in [-0.1, -0.05) is 40.6 Å². The highest BCUT2D eigenvalue weighted by Crippen LogP contribution is 2.31. The zero-order chi connectivity index (χ0) is 15.0. The number of ether oxygens (including phenoxy) is 1. The third-order valence-electron chi connectivity index (χ3n) is 2.89. The Bertz CT molecular complexity index is 802. The highest BCUT2D eigenvalue weighted by atomic mass is 35.5. The number of hydrogen-bond acceptors (Lipinski definition) is 4. The van der Waals surface area contributed by atoms with Crippen molar-refractivity contribution in [3.8, 4) is 5.75 Å². The van der Waals surface area contributed by atoms with Gasteiger partial charge in [0.05, 0.1) is 10.2 Å². The predicted molar refractivity (Wildman–Crippen MR) is 84.8 cm³/mol. The minimum atomic E-state index is -0.504. The van der Waals surface area contributed by atoms with E-state index in [-0.39, 0.29) is 12.4 Å². The van der Waals surface area contributed by atoms with E-state index in [1.807, 2.05) is 0 Å². The predicted octanol–water partition coefficient (Wildman–Crippen LogP) is 4.90. The molecular formula is C14H9Cl2FN2OS. The molecule has 0 saturated heterocycles. The Hall–Kier alpha value is -1.56. The van der Waals surface area contributed by atoms with Crippen molar-refractivity contribution in [2.45, 2.75) is 6.61 Å². The van der Waals surface area contributed by atoms with Crippen molar-refractivity contribution in [2.75, 3.05) is 5.73 Å². The fourth-order valence-electron chi connectivity index (χ4n) is 1.88. The molecule has 21 heavy (non-hydrogen) atoms. The second-order valence-corrected chi connectivity index (χ2v) is 6.17. The Labute approximate surface area is 134 Å². The molecule has 1 heterocycles. The first-order chi connectivity index (χ1) is 10.0. The van der Waals surface area contributed by atoms with Gasteiger partial charge in [-0.15, -0.1) is 0 Å². The Morgan fingerprint density at radius 2 is 1.95 bits per heavy atom. The molecule has 0 aliphatic carbocycles. The molecule has 0 atom stereocenters. The Balaban J connectivity index is 1.89. The van der Waals surface area contributed by atoms with Crippen LogP contribution in [0.4, 0.5) is 9.52 Å². The summed E-state index contributed by atoms with van der Waals surface area (Å²) < 4.78 is 20.2. The van der Waals surface area contributed by atoms with E-state index in [1.54, 1.807) is 24.3 Å². The Morgan fingerprint density at radius 3 is 2.67 bits per heavy atom. The summed E-state index contributed by atoms with van der Waals surface area (Å²) in [6, 6.07) is 8.02. The van der Waals surface area contributed by atoms with Gasteiger partial charge in [0.25, 0.3) is 0 Å². The molecule has 0 unspecified atom stereocenters. The molecule has 3 nitrogen and oxygen atoms in total. The normalized spacial score (nSPS) is 11.0. The fraction of sp³-hybridized carbons (Fsp3) is 0.0714. The van der Waals surface area contributed by atoms with Crippen LogP contribution in [-0.4, -0.2) is 4.98 Å². The number of hydrogen-bond donors (Lipinski definition) is 1. The van der Waals surface area contributed by atoms with Crippen LogP contribution in [-0.2, 0) is 6.61 Å². The summed E-state index contributed by atoms with van der Waals surface area (Å²) >= 11 is 13.4. The highest BCUT2D eigenvalue weighted by molar-refractivity contribution is 7.22. The fourth-order valence-corrected chi connectivity index (χ4v) is 3.13. The average Bonchev–Trinajstić information content (AvgIpc) is 2.77. The maximum Gasteiger partial charge on any atom is 0.181 e. The molecule has 3 aromatic rings. The molecule has 0 aliphatic heterocycles. The zero-order valence-electron chi connectivity index (χ0n) is 10.6. The van der Waals surface area contributed by atoms with Gasteiger partial charge in [0, 0.05) is 27.7 Å². The van der Waals surface area contributed by atoms with Crippen LogP contribution in [0, 0.1) is 5.82 Å². The molecule has 0 radical (unpaired) electrons. The molecule has 0 aliphatic rings. The Kier molecular flexibility index (Phi) is 3.89. The smallest absolute Gasteiger partial charge is 0.181 e. The van der Waals surface area contributed by atoms with Gasteiger partial charge in [-0.25, -0.2) is 9.37 Å². The standard InChI is InChI=1S/C14H9Cl2FN2OS/c15-8-2-1-3-9(16)7(8)6-20-12-5-13-11(4-10(12)17)19-14(18)21-13/h1-5H,6H2,(H2,18,19). The van der Waals surface area contributed by atoms with Crippen molar-refractivity contribution < 1.29 is 9.13 Å². The number of aromatic nitrogens is 1. The molecule has 0 amide bonds. The van der Waals surface area contributed by atoms with Crippen LogP contribution in [0.5, 0.6) is 5.75 Å². The SMILES string of the molecule is Nc1nc2cc(F)c(OCc3c(Cl)cccc3Cl)cc2s1. The lowest BCUT2D eigenvalue weighted by Crippen LogP contribution is -1.99. The van der Waals surface area contributed by atoms with Crippen molar-refractivity contribution in [1.82, 2.24) is 4.98 Å². The van der Waals surface area contributed by atoms with Crippen LogP contribution < -0.4 is 10.5 Å². The van der Waals surface area contributed by atoms with E-state index in [0.717, 1.165) is 4.70 Å². The van der Waals surface area contributed by atoms with E-state index < -0.39 is 5.82 Å². The third-order valence-corrected chi connectivity index (χ3v) is 4.45. The minimum absolute atomic E-state index is 0.0786. The topological polar surface area (TPSA) is 48.1 Å². The summed E-state index contributed by atoms with van der Waals surface area (Å²) in [7, 11) is 0. The molecule has 0 fully saturated rings. The van der Waals surface area contributed by atoms with Crippen molar-refractivity contribution in [1.29, 1.82) is 0 Å². The number of benzene rings is 2. The van der Waals surface area contributed by atoms with Gasteiger partial charge < -0.3 is 10.5 Å². The van der Waals surface area contributed by atoms with Crippen LogP contribution in [0.2, 0.25) is 10.0 Å². The first-order valence-corrected chi connectivity index (χ1v) is 7.53. The highest BCUT2D eigenvalue weighted by Gasteiger charge is 2.12. The quantitative estimate of drug-likeness (QED) is 0.736. The molecule has 7 heteroatoms. The van der Waals surface area contributed by atoms with Crippen LogP contribution >= 0.6 is 34.5 Å². The molecule has 0 bridgehead atoms. The van der Waals surface area contributed by atoms with E-state index in [0.29, 0.717) is 26.3 Å². The summed E-state index contributed by atoms with van der Waals surface area (Å²) in [5.41, 5.74) is 6.73. The molecule has 2 N–H and O–H groups in total. The van der Waals surface area contributed by atoms with Crippen LogP contribution in [0.1, 0.15) is 5.56 Å². The van der Waals surface area contributed by atoms with Crippen LogP contribution in [0.3, 0.4) is 0 Å². The summed E-state index contributed by atoms with van der Waals surface area (Å²) in [6.07, 6.45) is 0. The van der Waals surface area contributed by atoms with Gasteiger partial charge in [-0.2, -0.15) is 0 Å². The van der Waals surface area contributed by atoms with E-state index in [1.165, 1.54) is 17.4 Å². The number of thiazole rings is 1. The largest absolute Gasteiger partial charge is 0.486 e. The first kappa shape index (κ1) is 14.4. The summed E-state index contributed by atoms with van der Waals surface area (Å²) in [5.74, 6) is -0.391. The number of fused-ring (bicyclic) bond motifs is 1. The molecular weight excluding hydrogens is 334 g/mol. The lowest BCUT2D eigenvalue weighted by atomic mass is 10.2. The molecule has 2 aromatic carbocycles. The van der Waals surface area contributed by atoms with Crippen LogP contribution in [0.15, 0.2) is 30.3 Å². The van der Waals surface area contributed by atoms with E-state index in [9.17, 15) is 4.39 Å². The number of rotatable bonds is 3. The lowest BCUT2D eigenvalue weighted by Gasteiger charge is -2.10. The second kappa shape index (κ2) is 5.67. The van der Waals surface area contributed by atoms with E-state index in [2.05, 4.69) is 4.98 Å². The average molecular weight is 343 g/mol. The van der Waals surface area contributed by atoms with Gasteiger partial charge in [0.15, 0.2) is 16.7 Å². The van der Waals surface area contributed by atoms with Gasteiger partial charge in [0.2, 0.25) is 0 Å².